The third-order valence-corrected chi connectivity index (χ3v) is 2.99. The normalized spacial score (nSPS) is 26.7. The molecule has 2 atom stereocenters. The van der Waals surface area contributed by atoms with Gasteiger partial charge in [-0.2, -0.15) is 0 Å². The molecule has 1 aliphatic heterocycles. The summed E-state index contributed by atoms with van der Waals surface area (Å²) in [6.45, 7) is 4.20. The van der Waals surface area contributed by atoms with Gasteiger partial charge in [0.15, 0.2) is 0 Å². The summed E-state index contributed by atoms with van der Waals surface area (Å²) in [5, 5.41) is 6.17. The minimum absolute atomic E-state index is 0. The van der Waals surface area contributed by atoms with Gasteiger partial charge in [-0.15, -0.1) is 12.4 Å². The van der Waals surface area contributed by atoms with Crippen LogP contribution in [-0.2, 0) is 9.53 Å². The lowest BCUT2D eigenvalue weighted by Gasteiger charge is -2.24. The van der Waals surface area contributed by atoms with Crippen LogP contribution in [0, 0.1) is 5.92 Å². The van der Waals surface area contributed by atoms with E-state index in [9.17, 15) is 4.79 Å². The molecule has 1 saturated carbocycles. The molecular formula is C11H21ClN2O2. The van der Waals surface area contributed by atoms with Crippen LogP contribution in [0.1, 0.15) is 26.2 Å². The number of halogens is 1. The van der Waals surface area contributed by atoms with E-state index in [4.69, 9.17) is 4.74 Å². The average molecular weight is 249 g/mol. The molecule has 2 unspecified atom stereocenters. The zero-order chi connectivity index (χ0) is 10.7. The number of hydrogen-bond acceptors (Lipinski definition) is 3. The van der Waals surface area contributed by atoms with E-state index in [1.165, 1.54) is 12.8 Å². The smallest absolute Gasteiger partial charge is 0.250 e. The van der Waals surface area contributed by atoms with Crippen molar-refractivity contribution in [1.82, 2.24) is 10.6 Å². The van der Waals surface area contributed by atoms with Crippen LogP contribution in [0.4, 0.5) is 0 Å². The number of hydrogen-bond donors (Lipinski definition) is 2. The number of ether oxygens (including phenoxy) is 1. The van der Waals surface area contributed by atoms with Crippen molar-refractivity contribution in [3.8, 4) is 0 Å². The lowest BCUT2D eigenvalue weighted by Crippen LogP contribution is -2.49. The molecular weight excluding hydrogens is 228 g/mol. The SMILES string of the molecule is CC(CC1CC1)NC(=O)C1CNCCO1.Cl. The van der Waals surface area contributed by atoms with E-state index >= 15 is 0 Å². The van der Waals surface area contributed by atoms with Crippen LogP contribution in [0.25, 0.3) is 0 Å². The first kappa shape index (κ1) is 13.7. The highest BCUT2D eigenvalue weighted by atomic mass is 35.5. The molecule has 1 heterocycles. The third kappa shape index (κ3) is 4.28. The van der Waals surface area contributed by atoms with Gasteiger partial charge in [0.2, 0.25) is 0 Å². The van der Waals surface area contributed by atoms with Gasteiger partial charge in [-0.05, 0) is 19.3 Å². The number of carbonyl (C=O) groups is 1. The lowest BCUT2D eigenvalue weighted by atomic mass is 10.1. The van der Waals surface area contributed by atoms with Gasteiger partial charge in [-0.1, -0.05) is 12.8 Å². The number of amides is 1. The van der Waals surface area contributed by atoms with Crippen LogP contribution in [-0.4, -0.2) is 37.7 Å². The Kier molecular flexibility index (Phi) is 5.52. The number of carbonyl (C=O) groups excluding carboxylic acids is 1. The largest absolute Gasteiger partial charge is 0.366 e. The molecule has 0 bridgehead atoms. The molecule has 2 aliphatic rings. The summed E-state index contributed by atoms with van der Waals surface area (Å²) in [5.74, 6) is 0.890. The Morgan fingerprint density at radius 1 is 1.56 bits per heavy atom. The molecule has 0 aromatic heterocycles. The first-order chi connectivity index (χ1) is 7.25. The Labute approximate surface area is 103 Å². The second-order valence-corrected chi connectivity index (χ2v) is 4.65. The van der Waals surface area contributed by atoms with E-state index in [0.717, 1.165) is 18.9 Å². The van der Waals surface area contributed by atoms with Crippen molar-refractivity contribution < 1.29 is 9.53 Å². The Morgan fingerprint density at radius 3 is 2.88 bits per heavy atom. The Bertz CT molecular complexity index is 228. The van der Waals surface area contributed by atoms with Gasteiger partial charge >= 0.3 is 0 Å². The number of morpholine rings is 1. The van der Waals surface area contributed by atoms with E-state index < -0.39 is 0 Å². The molecule has 5 heteroatoms. The molecule has 2 rings (SSSR count). The first-order valence-electron chi connectivity index (χ1n) is 5.88. The third-order valence-electron chi connectivity index (χ3n) is 2.99. The quantitative estimate of drug-likeness (QED) is 0.770. The second-order valence-electron chi connectivity index (χ2n) is 4.65. The summed E-state index contributed by atoms with van der Waals surface area (Å²) in [6.07, 6.45) is 3.50. The lowest BCUT2D eigenvalue weighted by molar-refractivity contribution is -0.134. The van der Waals surface area contributed by atoms with Crippen LogP contribution < -0.4 is 10.6 Å². The summed E-state index contributed by atoms with van der Waals surface area (Å²) in [5.41, 5.74) is 0. The van der Waals surface area contributed by atoms with Gasteiger partial charge in [0.05, 0.1) is 6.61 Å². The topological polar surface area (TPSA) is 50.4 Å². The molecule has 2 N–H and O–H groups in total. The highest BCUT2D eigenvalue weighted by Crippen LogP contribution is 2.33. The molecule has 4 nitrogen and oxygen atoms in total. The second kappa shape index (κ2) is 6.42. The monoisotopic (exact) mass is 248 g/mol. The van der Waals surface area contributed by atoms with Gasteiger partial charge in [0, 0.05) is 19.1 Å². The molecule has 0 radical (unpaired) electrons. The van der Waals surface area contributed by atoms with Crippen molar-refractivity contribution in [1.29, 1.82) is 0 Å². The van der Waals surface area contributed by atoms with E-state index in [1.807, 2.05) is 0 Å². The average Bonchev–Trinajstić information content (AvgIpc) is 3.03. The minimum Gasteiger partial charge on any atom is -0.366 e. The van der Waals surface area contributed by atoms with Crippen molar-refractivity contribution in [3.63, 3.8) is 0 Å². The predicted molar refractivity (Wildman–Crippen MR) is 64.8 cm³/mol. The highest BCUT2D eigenvalue weighted by Gasteiger charge is 2.27. The van der Waals surface area contributed by atoms with Gasteiger partial charge in [-0.3, -0.25) is 4.79 Å². The summed E-state index contributed by atoms with van der Waals surface area (Å²) in [6, 6.07) is 0.288. The molecule has 1 aliphatic carbocycles. The maximum atomic E-state index is 11.7. The van der Waals surface area contributed by atoms with Crippen LogP contribution in [0.15, 0.2) is 0 Å². The van der Waals surface area contributed by atoms with Crippen molar-refractivity contribution in [2.24, 2.45) is 5.92 Å². The fraction of sp³-hybridized carbons (Fsp3) is 0.909. The van der Waals surface area contributed by atoms with Crippen molar-refractivity contribution >= 4 is 18.3 Å². The molecule has 0 aromatic carbocycles. The molecule has 2 fully saturated rings. The zero-order valence-electron chi connectivity index (χ0n) is 9.70. The molecule has 0 aromatic rings. The molecule has 1 amide bonds. The molecule has 1 saturated heterocycles. The van der Waals surface area contributed by atoms with Gasteiger partial charge in [0.1, 0.15) is 6.10 Å². The van der Waals surface area contributed by atoms with Gasteiger partial charge in [0.25, 0.3) is 5.91 Å². The minimum atomic E-state index is -0.291. The van der Waals surface area contributed by atoms with Crippen molar-refractivity contribution in [3.05, 3.63) is 0 Å². The fourth-order valence-electron chi connectivity index (χ4n) is 1.98. The van der Waals surface area contributed by atoms with Gasteiger partial charge < -0.3 is 15.4 Å². The Hall–Kier alpha value is -0.320. The standard InChI is InChI=1S/C11H20N2O2.ClH/c1-8(6-9-2-3-9)13-11(14)10-7-12-4-5-15-10;/h8-10,12H,2-7H2,1H3,(H,13,14);1H. The zero-order valence-corrected chi connectivity index (χ0v) is 10.5. The molecule has 94 valence electrons. The van der Waals surface area contributed by atoms with E-state index in [2.05, 4.69) is 17.6 Å². The molecule has 16 heavy (non-hydrogen) atoms. The summed E-state index contributed by atoms with van der Waals surface area (Å²) >= 11 is 0. The summed E-state index contributed by atoms with van der Waals surface area (Å²) in [7, 11) is 0. The fourth-order valence-corrected chi connectivity index (χ4v) is 1.98. The molecule has 0 spiro atoms. The Morgan fingerprint density at radius 2 is 2.31 bits per heavy atom. The van der Waals surface area contributed by atoms with E-state index in [0.29, 0.717) is 13.2 Å². The summed E-state index contributed by atoms with van der Waals surface area (Å²) < 4.78 is 5.39. The van der Waals surface area contributed by atoms with Gasteiger partial charge in [-0.25, -0.2) is 0 Å². The Balaban J connectivity index is 0.00000128. The highest BCUT2D eigenvalue weighted by molar-refractivity contribution is 5.85. The van der Waals surface area contributed by atoms with Crippen LogP contribution in [0.2, 0.25) is 0 Å². The van der Waals surface area contributed by atoms with Crippen LogP contribution in [0.5, 0.6) is 0 Å². The maximum Gasteiger partial charge on any atom is 0.250 e. The maximum absolute atomic E-state index is 11.7. The predicted octanol–water partition coefficient (Wildman–Crippen LogP) is 0.701. The van der Waals surface area contributed by atoms with E-state index in [-0.39, 0.29) is 30.5 Å². The number of rotatable bonds is 4. The van der Waals surface area contributed by atoms with E-state index in [1.54, 1.807) is 0 Å². The van der Waals surface area contributed by atoms with Crippen molar-refractivity contribution in [2.75, 3.05) is 19.7 Å². The van der Waals surface area contributed by atoms with Crippen LogP contribution in [0.3, 0.4) is 0 Å². The number of nitrogens with one attached hydrogen (secondary N) is 2. The van der Waals surface area contributed by atoms with Crippen molar-refractivity contribution in [2.45, 2.75) is 38.3 Å². The summed E-state index contributed by atoms with van der Waals surface area (Å²) in [4.78, 5) is 11.7. The van der Waals surface area contributed by atoms with Crippen LogP contribution >= 0.6 is 12.4 Å². The first-order valence-corrected chi connectivity index (χ1v) is 5.88.